The molecular formula is C6H6O8. The lowest BCUT2D eigenvalue weighted by atomic mass is 10.3. The van der Waals surface area contributed by atoms with Gasteiger partial charge in [-0.15, -0.1) is 0 Å². The van der Waals surface area contributed by atoms with Crippen LogP contribution in [-0.4, -0.2) is 21.2 Å². The van der Waals surface area contributed by atoms with E-state index in [-0.39, 0.29) is 11.0 Å². The molecule has 0 heterocycles. The Bertz CT molecular complexity index is 471. The van der Waals surface area contributed by atoms with Crippen LogP contribution in [0.1, 0.15) is 0 Å². The molecule has 14 heavy (non-hydrogen) atoms. The van der Waals surface area contributed by atoms with Gasteiger partial charge in [-0.05, 0) is 0 Å². The molecule has 1 aromatic rings. The summed E-state index contributed by atoms with van der Waals surface area (Å²) in [4.78, 5) is 41.9. The van der Waals surface area contributed by atoms with Gasteiger partial charge in [0.15, 0.2) is 0 Å². The van der Waals surface area contributed by atoms with Crippen molar-refractivity contribution in [1.82, 2.24) is 0 Å². The molecular weight excluding hydrogens is 200 g/mol. The molecule has 0 fully saturated rings. The van der Waals surface area contributed by atoms with E-state index in [1.165, 1.54) is 0 Å². The number of rotatable bonds is 0. The van der Waals surface area contributed by atoms with Crippen LogP contribution in [0, 0.1) is 0 Å². The minimum absolute atomic E-state index is 0. The predicted molar refractivity (Wildman–Crippen MR) is 44.5 cm³/mol. The van der Waals surface area contributed by atoms with Crippen LogP contribution < -0.4 is 21.7 Å². The van der Waals surface area contributed by atoms with Crippen molar-refractivity contribution in [2.24, 2.45) is 0 Å². The Kier molecular flexibility index (Phi) is 4.39. The van der Waals surface area contributed by atoms with E-state index in [2.05, 4.69) is 0 Å². The summed E-state index contributed by atoms with van der Waals surface area (Å²) in [5.74, 6) is -2.74. The topological polar surface area (TPSA) is 172 Å². The molecule has 0 saturated heterocycles. The Labute approximate surface area is 74.6 Å². The maximum atomic E-state index is 10.5. The average Bonchev–Trinajstić information content (AvgIpc) is 2.08. The molecule has 0 saturated carbocycles. The van der Waals surface area contributed by atoms with Gasteiger partial charge in [0.2, 0.25) is 11.5 Å². The molecule has 8 heteroatoms. The number of phenolic OH excluding ortho intramolecular Hbond substituents is 2. The molecule has 0 amide bonds. The summed E-state index contributed by atoms with van der Waals surface area (Å²) in [6.45, 7) is 0. The first-order valence-electron chi connectivity index (χ1n) is 2.76. The van der Waals surface area contributed by atoms with Crippen LogP contribution >= 0.6 is 0 Å². The third-order valence-corrected chi connectivity index (χ3v) is 1.27. The maximum Gasteiger partial charge on any atom is 0.281 e. The second kappa shape index (κ2) is 4.25. The summed E-state index contributed by atoms with van der Waals surface area (Å²) in [5.41, 5.74) is -6.38. The number of hydrogen-bond acceptors (Lipinski definition) is 6. The Morgan fingerprint density at radius 3 is 1.00 bits per heavy atom. The monoisotopic (exact) mass is 206 g/mol. The molecule has 8 nitrogen and oxygen atoms in total. The fourth-order valence-corrected chi connectivity index (χ4v) is 0.636. The second-order valence-corrected chi connectivity index (χ2v) is 2.01. The van der Waals surface area contributed by atoms with Crippen molar-refractivity contribution in [3.63, 3.8) is 0 Å². The van der Waals surface area contributed by atoms with Gasteiger partial charge in [0.05, 0.1) is 0 Å². The molecule has 6 N–H and O–H groups in total. The highest BCUT2D eigenvalue weighted by molar-refractivity contribution is 5.36. The van der Waals surface area contributed by atoms with Crippen LogP contribution in [0.3, 0.4) is 0 Å². The second-order valence-electron chi connectivity index (χ2n) is 2.01. The van der Waals surface area contributed by atoms with E-state index >= 15 is 0 Å². The van der Waals surface area contributed by atoms with Crippen molar-refractivity contribution >= 4 is 0 Å². The molecule has 0 spiro atoms. The van der Waals surface area contributed by atoms with Gasteiger partial charge in [-0.2, -0.15) is 0 Å². The molecule has 0 atom stereocenters. The number of phenols is 2. The summed E-state index contributed by atoms with van der Waals surface area (Å²) >= 11 is 0. The van der Waals surface area contributed by atoms with Gasteiger partial charge in [0.1, 0.15) is 0 Å². The Hall–Kier alpha value is -2.06. The van der Waals surface area contributed by atoms with Gasteiger partial charge in [0, 0.05) is 0 Å². The molecule has 1 aromatic carbocycles. The lowest BCUT2D eigenvalue weighted by Gasteiger charge is -1.88. The van der Waals surface area contributed by atoms with E-state index in [9.17, 15) is 19.2 Å². The largest absolute Gasteiger partial charge is 0.501 e. The quantitative estimate of drug-likeness (QED) is 0.321. The third-order valence-electron chi connectivity index (χ3n) is 1.27. The highest BCUT2D eigenvalue weighted by atomic mass is 16.3. The molecule has 78 valence electrons. The van der Waals surface area contributed by atoms with Gasteiger partial charge in [-0.25, -0.2) is 0 Å². The van der Waals surface area contributed by atoms with Crippen molar-refractivity contribution in [3.05, 3.63) is 40.9 Å². The summed E-state index contributed by atoms with van der Waals surface area (Å²) < 4.78 is 0. The first-order valence-corrected chi connectivity index (χ1v) is 2.76. The summed E-state index contributed by atoms with van der Waals surface area (Å²) in [7, 11) is 0. The first-order chi connectivity index (χ1) is 5.46. The van der Waals surface area contributed by atoms with E-state index in [1.807, 2.05) is 0 Å². The highest BCUT2D eigenvalue weighted by Gasteiger charge is 2.16. The van der Waals surface area contributed by atoms with E-state index in [0.29, 0.717) is 0 Å². The Balaban J connectivity index is 0. The Morgan fingerprint density at radius 1 is 0.571 bits per heavy atom. The van der Waals surface area contributed by atoms with Crippen molar-refractivity contribution in [3.8, 4) is 11.5 Å². The van der Waals surface area contributed by atoms with E-state index in [1.54, 1.807) is 0 Å². The van der Waals surface area contributed by atoms with Crippen molar-refractivity contribution < 1.29 is 21.2 Å². The molecule has 0 aliphatic carbocycles. The molecule has 0 aromatic heterocycles. The summed E-state index contributed by atoms with van der Waals surface area (Å²) in [5, 5.41) is 17.2. The smallest absolute Gasteiger partial charge is 0.281 e. The normalized spacial score (nSPS) is 8.57. The van der Waals surface area contributed by atoms with Crippen molar-refractivity contribution in [2.75, 3.05) is 0 Å². The van der Waals surface area contributed by atoms with Crippen molar-refractivity contribution in [2.45, 2.75) is 0 Å². The third kappa shape index (κ3) is 1.65. The van der Waals surface area contributed by atoms with Gasteiger partial charge < -0.3 is 21.2 Å². The average molecular weight is 206 g/mol. The first kappa shape index (κ1) is 14.5. The predicted octanol–water partition coefficient (Wildman–Crippen LogP) is -4.24. The molecule has 0 radical (unpaired) electrons. The molecule has 1 rings (SSSR count). The lowest BCUT2D eigenvalue weighted by molar-refractivity contribution is 0.395. The van der Waals surface area contributed by atoms with Crippen LogP contribution in [-0.2, 0) is 0 Å². The molecule has 0 aliphatic heterocycles. The zero-order valence-corrected chi connectivity index (χ0v) is 6.53. The van der Waals surface area contributed by atoms with Crippen LogP contribution in [0.4, 0.5) is 0 Å². The van der Waals surface area contributed by atoms with Crippen LogP contribution in [0.25, 0.3) is 0 Å². The van der Waals surface area contributed by atoms with E-state index in [0.717, 1.165) is 0 Å². The number of benzene rings is 1. The van der Waals surface area contributed by atoms with Gasteiger partial charge >= 0.3 is 0 Å². The van der Waals surface area contributed by atoms with Crippen LogP contribution in [0.15, 0.2) is 19.2 Å². The highest BCUT2D eigenvalue weighted by Crippen LogP contribution is 2.08. The van der Waals surface area contributed by atoms with Gasteiger partial charge in [-0.1, -0.05) is 0 Å². The fraction of sp³-hybridized carbons (Fsp3) is 0. The van der Waals surface area contributed by atoms with Crippen LogP contribution in [0.5, 0.6) is 11.5 Å². The summed E-state index contributed by atoms with van der Waals surface area (Å²) in [6, 6.07) is 0. The van der Waals surface area contributed by atoms with Gasteiger partial charge in [0.25, 0.3) is 21.7 Å². The standard InChI is InChI=1S/C6H2O6.2H2O/c7-1-2(8)4(10)6(12)5(11)3(1)9;;/h7-8H;2*1H2. The van der Waals surface area contributed by atoms with E-state index < -0.39 is 33.2 Å². The minimum Gasteiger partial charge on any atom is -0.501 e. The Morgan fingerprint density at radius 2 is 0.786 bits per heavy atom. The fourth-order valence-electron chi connectivity index (χ4n) is 0.636. The zero-order valence-electron chi connectivity index (χ0n) is 6.53. The molecule has 0 aliphatic rings. The zero-order chi connectivity index (χ0) is 9.46. The SMILES string of the molecule is O.O.O=c1c(O)c(O)c(=O)c(=O)c1=O. The van der Waals surface area contributed by atoms with E-state index in [4.69, 9.17) is 10.2 Å². The van der Waals surface area contributed by atoms with Gasteiger partial charge in [-0.3, -0.25) is 19.2 Å². The maximum absolute atomic E-state index is 10.5. The molecule has 0 bridgehead atoms. The number of aromatic hydroxyl groups is 2. The van der Waals surface area contributed by atoms with Crippen LogP contribution in [0.2, 0.25) is 0 Å². The minimum atomic E-state index is -1.63. The van der Waals surface area contributed by atoms with Crippen molar-refractivity contribution in [1.29, 1.82) is 0 Å². The number of hydrogen-bond donors (Lipinski definition) is 2. The summed E-state index contributed by atoms with van der Waals surface area (Å²) in [6.07, 6.45) is 0. The molecule has 0 unspecified atom stereocenters. The lowest BCUT2D eigenvalue weighted by Crippen LogP contribution is -2.45.